The van der Waals surface area contributed by atoms with Gasteiger partial charge >= 0.3 is 0 Å². The van der Waals surface area contributed by atoms with Gasteiger partial charge in [-0.2, -0.15) is 0 Å². The van der Waals surface area contributed by atoms with E-state index in [1.54, 1.807) is 0 Å². The zero-order valence-corrected chi connectivity index (χ0v) is 8.00. The van der Waals surface area contributed by atoms with Crippen LogP contribution in [0.15, 0.2) is 37.5 Å². The Balaban J connectivity index is 3.68. The van der Waals surface area contributed by atoms with Gasteiger partial charge in [-0.15, -0.1) is 13.2 Å². The molecule has 68 valence electrons. The fourth-order valence-electron chi connectivity index (χ4n) is 0.979. The van der Waals surface area contributed by atoms with Gasteiger partial charge in [-0.1, -0.05) is 31.2 Å². The molecule has 0 amide bonds. The lowest BCUT2D eigenvalue weighted by Crippen LogP contribution is -2.23. The highest BCUT2D eigenvalue weighted by molar-refractivity contribution is 4.88. The second kappa shape index (κ2) is 8.28. The van der Waals surface area contributed by atoms with Crippen LogP contribution in [0.1, 0.15) is 13.3 Å². The van der Waals surface area contributed by atoms with Crippen LogP contribution < -0.4 is 0 Å². The van der Waals surface area contributed by atoms with E-state index in [0.717, 1.165) is 26.1 Å². The summed E-state index contributed by atoms with van der Waals surface area (Å²) >= 11 is 0. The van der Waals surface area contributed by atoms with Gasteiger partial charge < -0.3 is 0 Å². The first-order chi connectivity index (χ1) is 5.85. The maximum absolute atomic E-state index is 3.71. The quantitative estimate of drug-likeness (QED) is 0.524. The molecular weight excluding hydrogens is 146 g/mol. The van der Waals surface area contributed by atoms with Crippen molar-refractivity contribution in [2.75, 3.05) is 19.6 Å². The van der Waals surface area contributed by atoms with E-state index in [2.05, 4.69) is 37.1 Å². The summed E-state index contributed by atoms with van der Waals surface area (Å²) in [5.41, 5.74) is 0. The summed E-state index contributed by atoms with van der Waals surface area (Å²) in [6.07, 6.45) is 9.31. The normalized spacial score (nSPS) is 10.8. The Labute approximate surface area is 76.1 Å². The molecule has 0 bridgehead atoms. The monoisotopic (exact) mass is 165 g/mol. The van der Waals surface area contributed by atoms with Crippen LogP contribution >= 0.6 is 0 Å². The SMILES string of the molecule is C=CCN(CC=C)CC=CCC. The first-order valence-corrected chi connectivity index (χ1v) is 4.44. The molecule has 0 aliphatic heterocycles. The summed E-state index contributed by atoms with van der Waals surface area (Å²) in [4.78, 5) is 2.27. The Morgan fingerprint density at radius 3 is 2.00 bits per heavy atom. The predicted molar refractivity (Wildman–Crippen MR) is 56.3 cm³/mol. The molecule has 0 aromatic carbocycles. The van der Waals surface area contributed by atoms with Crippen molar-refractivity contribution in [1.82, 2.24) is 4.90 Å². The predicted octanol–water partition coefficient (Wildman–Crippen LogP) is 2.63. The van der Waals surface area contributed by atoms with Crippen LogP contribution in [0.25, 0.3) is 0 Å². The molecule has 0 fully saturated rings. The molecule has 0 unspecified atom stereocenters. The molecule has 12 heavy (non-hydrogen) atoms. The summed E-state index contributed by atoms with van der Waals surface area (Å²) < 4.78 is 0. The van der Waals surface area contributed by atoms with Crippen LogP contribution in [-0.4, -0.2) is 24.5 Å². The Bertz CT molecular complexity index is 137. The van der Waals surface area contributed by atoms with Gasteiger partial charge in [-0.25, -0.2) is 0 Å². The fraction of sp³-hybridized carbons (Fsp3) is 0.455. The lowest BCUT2D eigenvalue weighted by Gasteiger charge is -2.15. The van der Waals surface area contributed by atoms with Crippen molar-refractivity contribution in [1.29, 1.82) is 0 Å². The maximum Gasteiger partial charge on any atom is 0.0169 e. The molecule has 0 spiro atoms. The van der Waals surface area contributed by atoms with Gasteiger partial charge in [-0.05, 0) is 6.42 Å². The number of hydrogen-bond acceptors (Lipinski definition) is 1. The fourth-order valence-corrected chi connectivity index (χ4v) is 0.979. The van der Waals surface area contributed by atoms with Crippen molar-refractivity contribution in [2.24, 2.45) is 0 Å². The Morgan fingerprint density at radius 1 is 1.00 bits per heavy atom. The third kappa shape index (κ3) is 5.93. The van der Waals surface area contributed by atoms with Gasteiger partial charge in [0.05, 0.1) is 0 Å². The van der Waals surface area contributed by atoms with Crippen LogP contribution in [0.4, 0.5) is 0 Å². The average molecular weight is 165 g/mol. The molecule has 0 aliphatic rings. The third-order valence-corrected chi connectivity index (χ3v) is 1.54. The lowest BCUT2D eigenvalue weighted by molar-refractivity contribution is 0.373. The second-order valence-corrected chi connectivity index (χ2v) is 2.68. The van der Waals surface area contributed by atoms with Gasteiger partial charge in [0, 0.05) is 19.6 Å². The summed E-state index contributed by atoms with van der Waals surface area (Å²) in [7, 11) is 0. The summed E-state index contributed by atoms with van der Waals surface area (Å²) in [5, 5.41) is 0. The molecule has 1 heteroatoms. The van der Waals surface area contributed by atoms with E-state index in [1.807, 2.05) is 12.2 Å². The van der Waals surface area contributed by atoms with E-state index in [4.69, 9.17) is 0 Å². The van der Waals surface area contributed by atoms with Crippen LogP contribution in [0.3, 0.4) is 0 Å². The van der Waals surface area contributed by atoms with E-state index in [1.165, 1.54) is 0 Å². The molecule has 0 saturated carbocycles. The Hall–Kier alpha value is -0.820. The van der Waals surface area contributed by atoms with Crippen molar-refractivity contribution < 1.29 is 0 Å². The topological polar surface area (TPSA) is 3.24 Å². The average Bonchev–Trinajstić information content (AvgIpc) is 2.06. The zero-order chi connectivity index (χ0) is 9.23. The molecule has 0 aromatic heterocycles. The van der Waals surface area contributed by atoms with E-state index in [0.29, 0.717) is 0 Å². The molecule has 1 nitrogen and oxygen atoms in total. The molecule has 0 aromatic rings. The molecule has 0 radical (unpaired) electrons. The molecule has 0 saturated heterocycles. The summed E-state index contributed by atoms with van der Waals surface area (Å²) in [5.74, 6) is 0. The standard InChI is InChI=1S/C11H19N/c1-4-7-8-11-12(9-5-2)10-6-3/h5-8H,2-4,9-11H2,1H3. The number of allylic oxidation sites excluding steroid dienone is 1. The van der Waals surface area contributed by atoms with Crippen LogP contribution in [0, 0.1) is 0 Å². The van der Waals surface area contributed by atoms with Gasteiger partial charge in [0.2, 0.25) is 0 Å². The Morgan fingerprint density at radius 2 is 1.58 bits per heavy atom. The highest BCUT2D eigenvalue weighted by Gasteiger charge is 1.95. The van der Waals surface area contributed by atoms with Gasteiger partial charge in [0.1, 0.15) is 0 Å². The first kappa shape index (κ1) is 11.2. The van der Waals surface area contributed by atoms with Crippen molar-refractivity contribution >= 4 is 0 Å². The van der Waals surface area contributed by atoms with Crippen LogP contribution in [0.5, 0.6) is 0 Å². The van der Waals surface area contributed by atoms with Crippen LogP contribution in [0.2, 0.25) is 0 Å². The largest absolute Gasteiger partial charge is 0.292 e. The summed E-state index contributed by atoms with van der Waals surface area (Å²) in [6, 6.07) is 0. The lowest BCUT2D eigenvalue weighted by atomic mass is 10.3. The van der Waals surface area contributed by atoms with Crippen molar-refractivity contribution in [3.05, 3.63) is 37.5 Å². The van der Waals surface area contributed by atoms with Crippen molar-refractivity contribution in [3.8, 4) is 0 Å². The Kier molecular flexibility index (Phi) is 7.71. The maximum atomic E-state index is 3.71. The van der Waals surface area contributed by atoms with Gasteiger partial charge in [-0.3, -0.25) is 4.90 Å². The first-order valence-electron chi connectivity index (χ1n) is 4.44. The highest BCUT2D eigenvalue weighted by Crippen LogP contribution is 1.90. The zero-order valence-electron chi connectivity index (χ0n) is 8.00. The number of nitrogens with zero attached hydrogens (tertiary/aromatic N) is 1. The minimum absolute atomic E-state index is 0.931. The van der Waals surface area contributed by atoms with E-state index >= 15 is 0 Å². The van der Waals surface area contributed by atoms with E-state index in [-0.39, 0.29) is 0 Å². The highest BCUT2D eigenvalue weighted by atomic mass is 15.1. The molecular formula is C11H19N. The molecule has 0 aliphatic carbocycles. The molecule has 0 heterocycles. The molecule has 0 N–H and O–H groups in total. The van der Waals surface area contributed by atoms with Crippen molar-refractivity contribution in [2.45, 2.75) is 13.3 Å². The van der Waals surface area contributed by atoms with Gasteiger partial charge in [0.15, 0.2) is 0 Å². The van der Waals surface area contributed by atoms with Crippen molar-refractivity contribution in [3.63, 3.8) is 0 Å². The molecule has 0 rings (SSSR count). The van der Waals surface area contributed by atoms with Gasteiger partial charge in [0.25, 0.3) is 0 Å². The number of hydrogen-bond donors (Lipinski definition) is 0. The van der Waals surface area contributed by atoms with E-state index < -0.39 is 0 Å². The smallest absolute Gasteiger partial charge is 0.0169 e. The minimum Gasteiger partial charge on any atom is -0.292 e. The van der Waals surface area contributed by atoms with Crippen LogP contribution in [-0.2, 0) is 0 Å². The minimum atomic E-state index is 0.931. The van der Waals surface area contributed by atoms with E-state index in [9.17, 15) is 0 Å². The third-order valence-electron chi connectivity index (χ3n) is 1.54. The number of rotatable bonds is 7. The molecule has 0 atom stereocenters. The summed E-state index contributed by atoms with van der Waals surface area (Å²) in [6.45, 7) is 12.4. The second-order valence-electron chi connectivity index (χ2n) is 2.68.